The lowest BCUT2D eigenvalue weighted by Crippen LogP contribution is -2.47. The van der Waals surface area contributed by atoms with Gasteiger partial charge in [-0.2, -0.15) is 0 Å². The van der Waals surface area contributed by atoms with Gasteiger partial charge in [0.1, 0.15) is 11.5 Å². The van der Waals surface area contributed by atoms with Gasteiger partial charge in [0.2, 0.25) is 5.95 Å². The predicted molar refractivity (Wildman–Crippen MR) is 147 cm³/mol. The Morgan fingerprint density at radius 1 is 0.919 bits per heavy atom. The largest absolute Gasteiger partial charge is 0.370 e. The van der Waals surface area contributed by atoms with E-state index in [2.05, 4.69) is 73.1 Å². The fraction of sp³-hybridized carbons (Fsp3) is 0.321. The number of rotatable bonds is 8. The number of hydrogen-bond acceptors (Lipinski definition) is 8. The number of likely N-dealkylation sites (N-methyl/N-ethyl adjacent to an activating group) is 1. The Balaban J connectivity index is 1.18. The number of anilines is 3. The van der Waals surface area contributed by atoms with Crippen LogP contribution in [0.1, 0.15) is 23.0 Å². The zero-order valence-electron chi connectivity index (χ0n) is 21.3. The third-order valence-corrected chi connectivity index (χ3v) is 6.61. The number of benzene rings is 1. The summed E-state index contributed by atoms with van der Waals surface area (Å²) in [6.45, 7) is 9.69. The maximum absolute atomic E-state index is 12.8. The van der Waals surface area contributed by atoms with Crippen molar-refractivity contribution >= 4 is 34.4 Å². The number of fused-ring (bicyclic) bond motifs is 1. The number of piperazine rings is 1. The Kier molecular flexibility index (Phi) is 7.39. The van der Waals surface area contributed by atoms with Crippen molar-refractivity contribution in [2.45, 2.75) is 13.8 Å². The molecule has 0 unspecified atom stereocenters. The summed E-state index contributed by atoms with van der Waals surface area (Å²) >= 11 is 0. The van der Waals surface area contributed by atoms with Crippen LogP contribution in [0.25, 0.3) is 11.0 Å². The van der Waals surface area contributed by atoms with Crippen LogP contribution in [-0.2, 0) is 0 Å². The molecular weight excluding hydrogens is 464 g/mol. The van der Waals surface area contributed by atoms with Gasteiger partial charge >= 0.3 is 0 Å². The maximum atomic E-state index is 12.8. The van der Waals surface area contributed by atoms with Gasteiger partial charge in [-0.15, -0.1) is 0 Å². The molecule has 190 valence electrons. The zero-order chi connectivity index (χ0) is 25.6. The number of carbonyl (C=O) groups is 1. The molecule has 0 atom stereocenters. The van der Waals surface area contributed by atoms with Crippen LogP contribution in [0, 0.1) is 6.92 Å². The maximum Gasteiger partial charge on any atom is 0.269 e. The van der Waals surface area contributed by atoms with Crippen LogP contribution in [-0.4, -0.2) is 71.7 Å². The first kappa shape index (κ1) is 24.4. The monoisotopic (exact) mass is 496 g/mol. The Morgan fingerprint density at radius 3 is 2.41 bits per heavy atom. The standard InChI is InChI=1S/C28H32N8O/c1-3-34(22-7-4-6-21(2)20-22)15-14-29-27(37)25-9-8-24-23(32-25)10-11-26(33-24)35-16-18-36(19-17-35)28-30-12-5-13-31-28/h4-13,20H,3,14-19H2,1-2H3,(H,29,37). The van der Waals surface area contributed by atoms with Crippen LogP contribution in [0.2, 0.25) is 0 Å². The van der Waals surface area contributed by atoms with Crippen molar-refractivity contribution in [2.75, 3.05) is 60.5 Å². The number of pyridine rings is 2. The van der Waals surface area contributed by atoms with Gasteiger partial charge in [-0.3, -0.25) is 4.79 Å². The zero-order valence-corrected chi connectivity index (χ0v) is 21.3. The van der Waals surface area contributed by atoms with E-state index in [0.29, 0.717) is 17.8 Å². The number of amides is 1. The third-order valence-electron chi connectivity index (χ3n) is 6.61. The number of nitrogens with one attached hydrogen (secondary N) is 1. The minimum Gasteiger partial charge on any atom is -0.370 e. The molecule has 0 radical (unpaired) electrons. The van der Waals surface area contributed by atoms with E-state index in [4.69, 9.17) is 4.98 Å². The molecule has 9 heteroatoms. The van der Waals surface area contributed by atoms with E-state index in [0.717, 1.165) is 62.2 Å². The van der Waals surface area contributed by atoms with Crippen molar-refractivity contribution in [3.05, 3.63) is 78.2 Å². The molecule has 37 heavy (non-hydrogen) atoms. The van der Waals surface area contributed by atoms with Crippen molar-refractivity contribution in [2.24, 2.45) is 0 Å². The average molecular weight is 497 g/mol. The van der Waals surface area contributed by atoms with Crippen LogP contribution in [0.3, 0.4) is 0 Å². The molecule has 9 nitrogen and oxygen atoms in total. The smallest absolute Gasteiger partial charge is 0.269 e. The first-order valence-corrected chi connectivity index (χ1v) is 12.8. The van der Waals surface area contributed by atoms with Gasteiger partial charge in [0.05, 0.1) is 11.0 Å². The number of nitrogens with zero attached hydrogens (tertiary/aromatic N) is 7. The predicted octanol–water partition coefficient (Wildman–Crippen LogP) is 3.31. The molecule has 0 aliphatic carbocycles. The molecule has 5 rings (SSSR count). The molecular formula is C28H32N8O. The quantitative estimate of drug-likeness (QED) is 0.397. The van der Waals surface area contributed by atoms with E-state index in [1.807, 2.05) is 24.3 Å². The molecule has 1 fully saturated rings. The molecule has 4 heterocycles. The van der Waals surface area contributed by atoms with Gasteiger partial charge in [0.15, 0.2) is 0 Å². The van der Waals surface area contributed by atoms with Gasteiger partial charge in [-0.05, 0) is 61.9 Å². The van der Waals surface area contributed by atoms with E-state index in [1.54, 1.807) is 18.5 Å². The lowest BCUT2D eigenvalue weighted by molar-refractivity contribution is 0.0950. The summed E-state index contributed by atoms with van der Waals surface area (Å²) in [6.07, 6.45) is 3.54. The minimum absolute atomic E-state index is 0.175. The van der Waals surface area contributed by atoms with Crippen LogP contribution < -0.4 is 20.0 Å². The summed E-state index contributed by atoms with van der Waals surface area (Å²) in [4.78, 5) is 37.5. The van der Waals surface area contributed by atoms with E-state index in [1.165, 1.54) is 5.56 Å². The molecule has 1 saturated heterocycles. The summed E-state index contributed by atoms with van der Waals surface area (Å²) in [5.41, 5.74) is 4.28. The SMILES string of the molecule is CCN(CCNC(=O)c1ccc2nc(N3CCN(c4ncccn4)CC3)ccc2n1)c1cccc(C)c1. The molecule has 1 aliphatic heterocycles. The summed E-state index contributed by atoms with van der Waals surface area (Å²) in [7, 11) is 0. The first-order chi connectivity index (χ1) is 18.1. The molecule has 0 spiro atoms. The van der Waals surface area contributed by atoms with Crippen molar-refractivity contribution < 1.29 is 4.79 Å². The van der Waals surface area contributed by atoms with Gasteiger partial charge in [0.25, 0.3) is 5.91 Å². The van der Waals surface area contributed by atoms with Crippen LogP contribution in [0.5, 0.6) is 0 Å². The van der Waals surface area contributed by atoms with E-state index in [-0.39, 0.29) is 5.91 Å². The highest BCUT2D eigenvalue weighted by Crippen LogP contribution is 2.20. The Morgan fingerprint density at radius 2 is 1.65 bits per heavy atom. The van der Waals surface area contributed by atoms with Gasteiger partial charge in [-0.25, -0.2) is 19.9 Å². The van der Waals surface area contributed by atoms with Gasteiger partial charge in [-0.1, -0.05) is 12.1 Å². The fourth-order valence-electron chi connectivity index (χ4n) is 4.58. The normalized spacial score (nSPS) is 13.6. The molecule has 4 aromatic rings. The number of hydrogen-bond donors (Lipinski definition) is 1. The van der Waals surface area contributed by atoms with Gasteiger partial charge < -0.3 is 20.0 Å². The molecule has 3 aromatic heterocycles. The van der Waals surface area contributed by atoms with Crippen molar-refractivity contribution in [1.82, 2.24) is 25.3 Å². The Hall–Kier alpha value is -4.27. The van der Waals surface area contributed by atoms with Crippen molar-refractivity contribution in [1.29, 1.82) is 0 Å². The lowest BCUT2D eigenvalue weighted by Gasteiger charge is -2.35. The summed E-state index contributed by atoms with van der Waals surface area (Å²) in [5, 5.41) is 3.01. The summed E-state index contributed by atoms with van der Waals surface area (Å²) < 4.78 is 0. The molecule has 1 aliphatic rings. The highest BCUT2D eigenvalue weighted by molar-refractivity contribution is 5.94. The van der Waals surface area contributed by atoms with Crippen molar-refractivity contribution in [3.63, 3.8) is 0 Å². The van der Waals surface area contributed by atoms with Crippen molar-refractivity contribution in [3.8, 4) is 0 Å². The first-order valence-electron chi connectivity index (χ1n) is 12.8. The van der Waals surface area contributed by atoms with E-state index >= 15 is 0 Å². The highest BCUT2D eigenvalue weighted by atomic mass is 16.1. The highest BCUT2D eigenvalue weighted by Gasteiger charge is 2.20. The summed E-state index contributed by atoms with van der Waals surface area (Å²) in [6, 6.07) is 17.8. The number of carbonyl (C=O) groups excluding carboxylic acids is 1. The molecule has 1 N–H and O–H groups in total. The second kappa shape index (κ2) is 11.2. The van der Waals surface area contributed by atoms with E-state index in [9.17, 15) is 4.79 Å². The Bertz CT molecular complexity index is 1350. The van der Waals surface area contributed by atoms with Crippen LogP contribution in [0.4, 0.5) is 17.5 Å². The second-order valence-electron chi connectivity index (χ2n) is 9.10. The lowest BCUT2D eigenvalue weighted by atomic mass is 10.2. The minimum atomic E-state index is -0.175. The Labute approximate surface area is 217 Å². The van der Waals surface area contributed by atoms with E-state index < -0.39 is 0 Å². The number of aryl methyl sites for hydroxylation is 1. The average Bonchev–Trinajstić information content (AvgIpc) is 2.95. The molecule has 1 amide bonds. The summed E-state index contributed by atoms with van der Waals surface area (Å²) in [5.74, 6) is 1.50. The fourth-order valence-corrected chi connectivity index (χ4v) is 4.58. The molecule has 1 aromatic carbocycles. The topological polar surface area (TPSA) is 90.4 Å². The third kappa shape index (κ3) is 5.77. The molecule has 0 saturated carbocycles. The van der Waals surface area contributed by atoms with Crippen LogP contribution >= 0.6 is 0 Å². The number of aromatic nitrogens is 4. The molecule has 0 bridgehead atoms. The second-order valence-corrected chi connectivity index (χ2v) is 9.10. The van der Waals surface area contributed by atoms with Gasteiger partial charge in [0, 0.05) is 63.9 Å². The van der Waals surface area contributed by atoms with Crippen LogP contribution in [0.15, 0.2) is 67.0 Å².